The zero-order chi connectivity index (χ0) is 37.5. The number of azo groups is 1. The van der Waals surface area contributed by atoms with E-state index in [0.29, 0.717) is 54.0 Å². The van der Waals surface area contributed by atoms with Crippen LogP contribution in [0.4, 0.5) is 34.6 Å². The molecule has 1 heterocycles. The second-order valence-corrected chi connectivity index (χ2v) is 16.5. The molecule has 274 valence electrons. The lowest BCUT2D eigenvalue weighted by Gasteiger charge is -2.24. The summed E-state index contributed by atoms with van der Waals surface area (Å²) in [7, 11) is -2.80. The Labute approximate surface area is 304 Å². The molecule has 0 saturated carbocycles. The SMILES string of the molecule is CCN(c1ccccc1)c1nc(CCCC[Si](OC)(OC)OC)nc(Nc2cc(C)cc3cc(S(=O)(=O)O)c(N=Nc4ccccc4C)c(O)c23)n1. The second kappa shape index (κ2) is 16.7. The summed E-state index contributed by atoms with van der Waals surface area (Å²) in [6.45, 7) is 6.21. The van der Waals surface area contributed by atoms with Gasteiger partial charge < -0.3 is 28.6 Å². The van der Waals surface area contributed by atoms with Crippen LogP contribution in [-0.4, -0.2) is 69.7 Å². The van der Waals surface area contributed by atoms with Gasteiger partial charge in [0, 0.05) is 51.4 Å². The third kappa shape index (κ3) is 8.78. The number of aromatic hydroxyl groups is 1. The van der Waals surface area contributed by atoms with Gasteiger partial charge in [-0.05, 0) is 80.5 Å². The average molecular weight is 746 g/mol. The molecule has 14 nitrogen and oxygen atoms in total. The Hall–Kier alpha value is -4.84. The van der Waals surface area contributed by atoms with E-state index in [0.717, 1.165) is 23.2 Å². The minimum atomic E-state index is -4.82. The van der Waals surface area contributed by atoms with Gasteiger partial charge in [-0.15, -0.1) is 5.11 Å². The summed E-state index contributed by atoms with van der Waals surface area (Å²) in [6, 6.07) is 22.2. The third-order valence-corrected chi connectivity index (χ3v) is 12.3. The molecular formula is C36H43N7O7SSi. The number of hydrogen-bond acceptors (Lipinski definition) is 13. The number of unbranched alkanes of at least 4 members (excludes halogenated alkanes) is 1. The quantitative estimate of drug-likeness (QED) is 0.0383. The standard InChI is InChI=1S/C36H43N7O7SSi/c1-7-43(27-16-9-8-10-17-27)36-39-31(19-13-14-20-52(48-4,49-5)50-6)38-35(40-36)37-29-22-24(2)21-26-23-30(51(45,46)47)33(34(44)32(26)29)42-41-28-18-12-11-15-25(28)3/h8-12,15-18,21-23,44H,7,13-14,19-20H2,1-6H3,(H,45,46,47)(H,37,38,39,40). The number of para-hydroxylation sites is 1. The first-order chi connectivity index (χ1) is 24.9. The molecule has 0 radical (unpaired) electrons. The predicted octanol–water partition coefficient (Wildman–Crippen LogP) is 8.11. The van der Waals surface area contributed by atoms with Gasteiger partial charge >= 0.3 is 8.80 Å². The topological polar surface area (TPSA) is 181 Å². The van der Waals surface area contributed by atoms with Crippen molar-refractivity contribution >= 4 is 64.3 Å². The smallest absolute Gasteiger partial charge is 0.500 e. The molecule has 5 aromatic rings. The molecule has 16 heteroatoms. The lowest BCUT2D eigenvalue weighted by atomic mass is 10.0. The third-order valence-electron chi connectivity index (χ3n) is 8.55. The summed E-state index contributed by atoms with van der Waals surface area (Å²) in [5.41, 5.74) is 2.85. The summed E-state index contributed by atoms with van der Waals surface area (Å²) in [6.07, 6.45) is 1.97. The molecule has 0 amide bonds. The summed E-state index contributed by atoms with van der Waals surface area (Å²) in [4.78, 5) is 15.8. The Balaban J connectivity index is 1.60. The summed E-state index contributed by atoms with van der Waals surface area (Å²) in [5.74, 6) is 0.653. The summed E-state index contributed by atoms with van der Waals surface area (Å²) < 4.78 is 52.0. The van der Waals surface area contributed by atoms with Gasteiger partial charge in [0.05, 0.1) is 11.4 Å². The molecule has 52 heavy (non-hydrogen) atoms. The van der Waals surface area contributed by atoms with Crippen LogP contribution in [0.5, 0.6) is 5.75 Å². The first-order valence-electron chi connectivity index (χ1n) is 16.7. The van der Waals surface area contributed by atoms with Crippen molar-refractivity contribution < 1.29 is 31.4 Å². The summed E-state index contributed by atoms with van der Waals surface area (Å²) in [5, 5.41) is 23.9. The second-order valence-electron chi connectivity index (χ2n) is 12.0. The van der Waals surface area contributed by atoms with E-state index in [4.69, 9.17) is 28.2 Å². The number of benzene rings is 4. The van der Waals surface area contributed by atoms with Crippen molar-refractivity contribution in [1.29, 1.82) is 0 Å². The van der Waals surface area contributed by atoms with E-state index >= 15 is 0 Å². The number of fused-ring (bicyclic) bond motifs is 1. The van der Waals surface area contributed by atoms with Gasteiger partial charge in [0.25, 0.3) is 10.1 Å². The van der Waals surface area contributed by atoms with Gasteiger partial charge in [-0.1, -0.05) is 42.5 Å². The van der Waals surface area contributed by atoms with Crippen LogP contribution in [0.3, 0.4) is 0 Å². The maximum Gasteiger partial charge on any atom is 0.500 e. The van der Waals surface area contributed by atoms with Crippen LogP contribution in [0.25, 0.3) is 10.8 Å². The lowest BCUT2D eigenvalue weighted by Crippen LogP contribution is -2.42. The zero-order valence-electron chi connectivity index (χ0n) is 30.0. The fourth-order valence-corrected chi connectivity index (χ4v) is 8.31. The van der Waals surface area contributed by atoms with E-state index in [-0.39, 0.29) is 11.3 Å². The molecule has 5 rings (SSSR count). The first kappa shape index (κ1) is 38.4. The molecule has 0 fully saturated rings. The molecule has 0 spiro atoms. The summed E-state index contributed by atoms with van der Waals surface area (Å²) >= 11 is 0. The number of anilines is 4. The fraction of sp³-hybridized carbons (Fsp3) is 0.306. The van der Waals surface area contributed by atoms with Crippen LogP contribution < -0.4 is 10.2 Å². The molecule has 0 bridgehead atoms. The van der Waals surface area contributed by atoms with Crippen LogP contribution in [0, 0.1) is 13.8 Å². The van der Waals surface area contributed by atoms with Crippen molar-refractivity contribution in [3.63, 3.8) is 0 Å². The molecule has 0 aliphatic rings. The minimum Gasteiger partial charge on any atom is -0.505 e. The van der Waals surface area contributed by atoms with Gasteiger partial charge in [0.1, 0.15) is 16.4 Å². The number of phenols is 1. The van der Waals surface area contributed by atoms with Crippen LogP contribution >= 0.6 is 0 Å². The van der Waals surface area contributed by atoms with E-state index in [1.807, 2.05) is 68.1 Å². The molecule has 0 aliphatic carbocycles. The van der Waals surface area contributed by atoms with E-state index in [1.165, 1.54) is 6.07 Å². The van der Waals surface area contributed by atoms with Crippen molar-refractivity contribution in [3.8, 4) is 5.75 Å². The first-order valence-corrected chi connectivity index (χ1v) is 20.0. The van der Waals surface area contributed by atoms with E-state index in [2.05, 4.69) is 15.5 Å². The van der Waals surface area contributed by atoms with Gasteiger partial charge in [0.2, 0.25) is 11.9 Å². The molecule has 4 aromatic carbocycles. The van der Waals surface area contributed by atoms with Crippen LogP contribution in [0.1, 0.15) is 36.7 Å². The van der Waals surface area contributed by atoms with Gasteiger partial charge in [-0.2, -0.15) is 28.5 Å². The number of nitrogens with zero attached hydrogens (tertiary/aromatic N) is 6. The molecule has 0 atom stereocenters. The largest absolute Gasteiger partial charge is 0.505 e. The van der Waals surface area contributed by atoms with Crippen molar-refractivity contribution in [2.45, 2.75) is 51.0 Å². The Morgan fingerprint density at radius 1 is 0.885 bits per heavy atom. The average Bonchev–Trinajstić information content (AvgIpc) is 3.12. The number of aryl methyl sites for hydroxylation is 3. The highest BCUT2D eigenvalue weighted by atomic mass is 32.2. The minimum absolute atomic E-state index is 0.206. The Morgan fingerprint density at radius 3 is 2.23 bits per heavy atom. The molecule has 0 aliphatic heterocycles. The Morgan fingerprint density at radius 2 is 1.58 bits per heavy atom. The molecule has 1 aromatic heterocycles. The lowest BCUT2D eigenvalue weighted by molar-refractivity contribution is 0.123. The highest BCUT2D eigenvalue weighted by molar-refractivity contribution is 7.86. The molecular weight excluding hydrogens is 703 g/mol. The monoisotopic (exact) mass is 745 g/mol. The van der Waals surface area contributed by atoms with Crippen LogP contribution in [0.15, 0.2) is 87.9 Å². The van der Waals surface area contributed by atoms with Gasteiger partial charge in [-0.25, -0.2) is 0 Å². The highest BCUT2D eigenvalue weighted by Gasteiger charge is 2.36. The number of aromatic nitrogens is 3. The molecule has 0 unspecified atom stereocenters. The Bertz CT molecular complexity index is 2160. The number of nitrogens with one attached hydrogen (secondary N) is 1. The van der Waals surface area contributed by atoms with Gasteiger partial charge in [0.15, 0.2) is 5.75 Å². The van der Waals surface area contributed by atoms with Crippen molar-refractivity contribution in [2.75, 3.05) is 38.1 Å². The van der Waals surface area contributed by atoms with Crippen LogP contribution in [-0.2, 0) is 29.8 Å². The number of phenolic OH excluding ortho intramolecular Hbond substituents is 1. The van der Waals surface area contributed by atoms with Gasteiger partial charge in [-0.3, -0.25) is 4.55 Å². The zero-order valence-corrected chi connectivity index (χ0v) is 31.8. The van der Waals surface area contributed by atoms with Crippen LogP contribution in [0.2, 0.25) is 6.04 Å². The highest BCUT2D eigenvalue weighted by Crippen LogP contribution is 2.45. The fourth-order valence-electron chi connectivity index (χ4n) is 5.85. The predicted molar refractivity (Wildman–Crippen MR) is 202 cm³/mol. The van der Waals surface area contributed by atoms with Crippen molar-refractivity contribution in [3.05, 3.63) is 89.7 Å². The van der Waals surface area contributed by atoms with Crippen molar-refractivity contribution in [2.24, 2.45) is 10.2 Å². The maximum atomic E-state index is 12.6. The van der Waals surface area contributed by atoms with Crippen molar-refractivity contribution in [1.82, 2.24) is 15.0 Å². The maximum absolute atomic E-state index is 12.6. The molecule has 0 saturated heterocycles. The number of hydrogen-bond donors (Lipinski definition) is 3. The van der Waals surface area contributed by atoms with E-state index in [9.17, 15) is 18.1 Å². The normalized spacial score (nSPS) is 12.1. The Kier molecular flexibility index (Phi) is 12.3. The molecule has 3 N–H and O–H groups in total. The number of rotatable bonds is 16. The van der Waals surface area contributed by atoms with E-state index < -0.39 is 35.3 Å². The van der Waals surface area contributed by atoms with E-state index in [1.54, 1.807) is 45.6 Å².